The van der Waals surface area contributed by atoms with E-state index in [0.717, 1.165) is 101 Å². The van der Waals surface area contributed by atoms with Crippen molar-refractivity contribution in [3.05, 3.63) is 127 Å². The van der Waals surface area contributed by atoms with E-state index in [2.05, 4.69) is 60.1 Å². The zero-order valence-electron chi connectivity index (χ0n) is 37.3. The number of nitrogens with one attached hydrogen (secondary N) is 4. The monoisotopic (exact) mass is 934 g/mol. The Morgan fingerprint density at radius 1 is 0.662 bits per heavy atom. The molecule has 0 bridgehead atoms. The standard InChI is InChI=1S/C48H50F4N12O4/c1-53-46(66)37-4-2-32(22-54-37)61-14-8-31(9-15-61)64-13-7-27(25-64)44-58-42-39(48(68)60-44)35(50)18-28(40(42)52)21-56-47(67)38-5-3-33(23-55-38)62-16-10-30(11-17-62)63-12-6-26(24-63)43-57-41-34(45(65)59-43)19-29(49)20-36(41)51/h2-5,18-20,22-23,26-27,30-31H,6-17,21,24-25H2,1H3,(H,53,66)(H,56,67)(H,57,59,65)(H,58,60,68). The molecule has 16 nitrogen and oxygen atoms in total. The Balaban J connectivity index is 0.719. The maximum Gasteiger partial charge on any atom is 0.270 e. The minimum atomic E-state index is -0.936. The quantitative estimate of drug-likeness (QED) is 0.139. The molecule has 0 radical (unpaired) electrons. The molecule has 20 heteroatoms. The average molecular weight is 935 g/mol. The van der Waals surface area contributed by atoms with Crippen LogP contribution in [0.3, 0.4) is 0 Å². The Labute approximate surface area is 387 Å². The van der Waals surface area contributed by atoms with Gasteiger partial charge in [0.25, 0.3) is 22.9 Å². The van der Waals surface area contributed by atoms with E-state index in [1.807, 2.05) is 6.07 Å². The van der Waals surface area contributed by atoms with Crippen molar-refractivity contribution in [3.63, 3.8) is 0 Å². The molecule has 2 amide bonds. The Kier molecular flexibility index (Phi) is 12.4. The summed E-state index contributed by atoms with van der Waals surface area (Å²) in [7, 11) is 1.57. The third-order valence-corrected chi connectivity index (χ3v) is 14.2. The molecule has 68 heavy (non-hydrogen) atoms. The number of hydrogen-bond donors (Lipinski definition) is 4. The highest BCUT2D eigenvalue weighted by molar-refractivity contribution is 5.93. The lowest BCUT2D eigenvalue weighted by Gasteiger charge is -2.37. The molecule has 4 N–H and O–H groups in total. The summed E-state index contributed by atoms with van der Waals surface area (Å²) in [6.45, 7) is 5.56. The molecule has 2 aromatic carbocycles. The number of likely N-dealkylation sites (tertiary alicyclic amines) is 2. The van der Waals surface area contributed by atoms with E-state index in [1.54, 1.807) is 37.6 Å². The lowest BCUT2D eigenvalue weighted by molar-refractivity contribution is 0.0941. The lowest BCUT2D eigenvalue weighted by Crippen LogP contribution is -2.44. The molecule has 4 fully saturated rings. The smallest absolute Gasteiger partial charge is 0.270 e. The van der Waals surface area contributed by atoms with Crippen molar-refractivity contribution in [2.45, 2.75) is 69.0 Å². The van der Waals surface area contributed by atoms with Crippen molar-refractivity contribution in [3.8, 4) is 0 Å². The van der Waals surface area contributed by atoms with Gasteiger partial charge in [-0.1, -0.05) is 0 Å². The predicted molar refractivity (Wildman–Crippen MR) is 246 cm³/mol. The van der Waals surface area contributed by atoms with Gasteiger partial charge in [-0.15, -0.1) is 0 Å². The number of nitrogens with zero attached hydrogens (tertiary/aromatic N) is 8. The fraction of sp³-hybridized carbons (Fsp3) is 0.417. The van der Waals surface area contributed by atoms with Crippen molar-refractivity contribution < 1.29 is 27.2 Å². The van der Waals surface area contributed by atoms with Gasteiger partial charge in [-0.2, -0.15) is 0 Å². The first-order chi connectivity index (χ1) is 32.9. The number of carbonyl (C=O) groups excluding carboxylic acids is 2. The maximum absolute atomic E-state index is 16.1. The second-order valence-corrected chi connectivity index (χ2v) is 18.2. The SMILES string of the molecule is CNC(=O)c1ccc(N2CCC(N3CCC(c4nc5c(F)c(CNC(=O)c6ccc(N7CCC(N8CCC(c9nc%10c(F)cc(F)cc%10c(=O)[nH]9)C8)CC7)cn6)cc(F)c5c(=O)[nH]4)C3)CC2)cn1. The zero-order chi connectivity index (χ0) is 47.2. The Hall–Kier alpha value is -6.80. The van der Waals surface area contributed by atoms with Crippen LogP contribution >= 0.6 is 0 Å². The van der Waals surface area contributed by atoms with E-state index in [4.69, 9.17) is 0 Å². The van der Waals surface area contributed by atoms with E-state index in [0.29, 0.717) is 42.9 Å². The zero-order valence-corrected chi connectivity index (χ0v) is 37.3. The molecule has 8 heterocycles. The van der Waals surface area contributed by atoms with E-state index >= 15 is 8.78 Å². The first-order valence-electron chi connectivity index (χ1n) is 23.1. The molecule has 4 saturated heterocycles. The van der Waals surface area contributed by atoms with Gasteiger partial charge < -0.3 is 30.4 Å². The number of H-pyrrole nitrogens is 2. The molecule has 354 valence electrons. The highest BCUT2D eigenvalue weighted by atomic mass is 19.1. The van der Waals surface area contributed by atoms with Crippen LogP contribution in [0.25, 0.3) is 21.8 Å². The van der Waals surface area contributed by atoms with Gasteiger partial charge in [0.15, 0.2) is 11.6 Å². The molecule has 0 aliphatic carbocycles. The van der Waals surface area contributed by atoms with Crippen LogP contribution < -0.4 is 31.6 Å². The van der Waals surface area contributed by atoms with Crippen LogP contribution in [0.4, 0.5) is 28.9 Å². The molecule has 0 spiro atoms. The summed E-state index contributed by atoms with van der Waals surface area (Å²) in [6, 6.07) is 10.2. The van der Waals surface area contributed by atoms with Crippen LogP contribution in [0.1, 0.15) is 88.5 Å². The Morgan fingerprint density at radius 2 is 1.21 bits per heavy atom. The number of piperidine rings is 2. The molecular formula is C48H50F4N12O4. The van der Waals surface area contributed by atoms with Gasteiger partial charge in [-0.05, 0) is 88.0 Å². The fourth-order valence-electron chi connectivity index (χ4n) is 10.5. The number of pyridine rings is 2. The molecule has 6 aromatic rings. The number of carbonyl (C=O) groups is 2. The number of halogens is 4. The molecule has 4 aliphatic heterocycles. The van der Waals surface area contributed by atoms with E-state index < -0.39 is 45.7 Å². The molecule has 0 saturated carbocycles. The summed E-state index contributed by atoms with van der Waals surface area (Å²) >= 11 is 0. The number of benzene rings is 2. The van der Waals surface area contributed by atoms with Crippen LogP contribution in [0.15, 0.2) is 64.4 Å². The third-order valence-electron chi connectivity index (χ3n) is 14.2. The molecule has 2 atom stereocenters. The van der Waals surface area contributed by atoms with Gasteiger partial charge in [0.05, 0.1) is 29.2 Å². The van der Waals surface area contributed by atoms with Crippen molar-refractivity contribution in [1.29, 1.82) is 0 Å². The normalized spacial score (nSPS) is 19.9. The summed E-state index contributed by atoms with van der Waals surface area (Å²) in [6.07, 6.45) is 8.28. The van der Waals surface area contributed by atoms with Gasteiger partial charge in [0.1, 0.15) is 51.1 Å². The summed E-state index contributed by atoms with van der Waals surface area (Å²) < 4.78 is 59.8. The molecule has 10 rings (SSSR count). The Bertz CT molecular complexity index is 3010. The van der Waals surface area contributed by atoms with Crippen LogP contribution in [0, 0.1) is 23.3 Å². The van der Waals surface area contributed by atoms with E-state index in [-0.39, 0.29) is 58.0 Å². The van der Waals surface area contributed by atoms with Crippen LogP contribution in [0.5, 0.6) is 0 Å². The number of aromatic nitrogens is 6. The predicted octanol–water partition coefficient (Wildman–Crippen LogP) is 4.71. The summed E-state index contributed by atoms with van der Waals surface area (Å²) in [4.78, 5) is 83.1. The summed E-state index contributed by atoms with van der Waals surface area (Å²) in [5.41, 5.74) is 0.269. The van der Waals surface area contributed by atoms with Gasteiger partial charge in [0, 0.05) is 88.4 Å². The van der Waals surface area contributed by atoms with Gasteiger partial charge in [-0.25, -0.2) is 37.5 Å². The van der Waals surface area contributed by atoms with Crippen LogP contribution in [0.2, 0.25) is 0 Å². The maximum atomic E-state index is 16.1. The first-order valence-corrected chi connectivity index (χ1v) is 23.1. The number of anilines is 2. The van der Waals surface area contributed by atoms with Gasteiger partial charge in [-0.3, -0.25) is 29.0 Å². The second kappa shape index (κ2) is 18.7. The highest BCUT2D eigenvalue weighted by Crippen LogP contribution is 2.33. The van der Waals surface area contributed by atoms with Crippen LogP contribution in [-0.2, 0) is 6.54 Å². The first kappa shape index (κ1) is 45.0. The molecular weight excluding hydrogens is 885 g/mol. The van der Waals surface area contributed by atoms with Crippen LogP contribution in [-0.4, -0.2) is 123 Å². The van der Waals surface area contributed by atoms with Crippen molar-refractivity contribution >= 4 is 45.0 Å². The van der Waals surface area contributed by atoms with E-state index in [1.165, 1.54) is 0 Å². The number of fused-ring (bicyclic) bond motifs is 2. The second-order valence-electron chi connectivity index (χ2n) is 18.2. The lowest BCUT2D eigenvalue weighted by atomic mass is 10.0. The number of hydrogen-bond acceptors (Lipinski definition) is 12. The number of amides is 2. The Morgan fingerprint density at radius 3 is 1.75 bits per heavy atom. The van der Waals surface area contributed by atoms with Gasteiger partial charge in [0.2, 0.25) is 0 Å². The van der Waals surface area contributed by atoms with Crippen molar-refractivity contribution in [2.75, 3.05) is 69.2 Å². The fourth-order valence-corrected chi connectivity index (χ4v) is 10.5. The van der Waals surface area contributed by atoms with Crippen molar-refractivity contribution in [1.82, 2.24) is 50.3 Å². The molecule has 4 aliphatic rings. The molecule has 2 unspecified atom stereocenters. The topological polar surface area (TPSA) is 188 Å². The van der Waals surface area contributed by atoms with Gasteiger partial charge >= 0.3 is 0 Å². The number of rotatable bonds is 10. The van der Waals surface area contributed by atoms with Crippen molar-refractivity contribution in [2.24, 2.45) is 0 Å². The third kappa shape index (κ3) is 8.89. The number of aromatic amines is 2. The largest absolute Gasteiger partial charge is 0.370 e. The van der Waals surface area contributed by atoms with E-state index in [9.17, 15) is 28.0 Å². The molecule has 4 aromatic heterocycles. The highest BCUT2D eigenvalue weighted by Gasteiger charge is 2.35. The minimum Gasteiger partial charge on any atom is -0.370 e. The summed E-state index contributed by atoms with van der Waals surface area (Å²) in [5.74, 6) is -3.89. The average Bonchev–Trinajstić information content (AvgIpc) is 4.07. The summed E-state index contributed by atoms with van der Waals surface area (Å²) in [5, 5.41) is 4.63. The minimum absolute atomic E-state index is 0.0904.